The second kappa shape index (κ2) is 6.05. The van der Waals surface area contributed by atoms with Crippen LogP contribution in [0.3, 0.4) is 0 Å². The number of halogens is 1. The Morgan fingerprint density at radius 1 is 1.09 bits per heavy atom. The van der Waals surface area contributed by atoms with Gasteiger partial charge in [0.25, 0.3) is 0 Å². The van der Waals surface area contributed by atoms with E-state index in [1.165, 1.54) is 0 Å². The third-order valence-electron chi connectivity index (χ3n) is 3.80. The molecule has 1 N–H and O–H groups in total. The zero-order chi connectivity index (χ0) is 16.6. The van der Waals surface area contributed by atoms with Crippen LogP contribution in [0.25, 0.3) is 10.9 Å². The minimum Gasteiger partial charge on any atom is -0.493 e. The second-order valence-corrected chi connectivity index (χ2v) is 6.19. The molecule has 0 aliphatic heterocycles. The highest BCUT2D eigenvalue weighted by atomic mass is 35.5. The van der Waals surface area contributed by atoms with Crippen molar-refractivity contribution in [2.75, 3.05) is 0 Å². The summed E-state index contributed by atoms with van der Waals surface area (Å²) in [5, 5.41) is 20.6. The number of para-hydroxylation sites is 1. The summed E-state index contributed by atoms with van der Waals surface area (Å²) in [7, 11) is 0. The SMILES string of the molecule is Cc1ccc(N=Nc2c(O)n(C(C)C)c3ccccc23)cc1Cl. The molecule has 5 heteroatoms. The molecular formula is C18H18ClN3O. The van der Waals surface area contributed by atoms with Gasteiger partial charge in [0.05, 0.1) is 11.2 Å². The Hall–Kier alpha value is -2.33. The van der Waals surface area contributed by atoms with Gasteiger partial charge in [0.15, 0.2) is 5.69 Å². The molecular weight excluding hydrogens is 310 g/mol. The zero-order valence-corrected chi connectivity index (χ0v) is 14.0. The maximum atomic E-state index is 10.5. The van der Waals surface area contributed by atoms with Gasteiger partial charge in [-0.1, -0.05) is 35.9 Å². The molecule has 0 bridgehead atoms. The lowest BCUT2D eigenvalue weighted by atomic mass is 10.2. The molecule has 118 valence electrons. The molecule has 0 saturated carbocycles. The highest BCUT2D eigenvalue weighted by molar-refractivity contribution is 6.31. The zero-order valence-electron chi connectivity index (χ0n) is 13.3. The Bertz CT molecular complexity index is 897. The van der Waals surface area contributed by atoms with Crippen LogP contribution in [0.5, 0.6) is 5.88 Å². The highest BCUT2D eigenvalue weighted by Crippen LogP contribution is 2.41. The van der Waals surface area contributed by atoms with Crippen LogP contribution in [0.15, 0.2) is 52.7 Å². The average molecular weight is 328 g/mol. The van der Waals surface area contributed by atoms with Crippen molar-refractivity contribution in [2.45, 2.75) is 26.8 Å². The van der Waals surface area contributed by atoms with Crippen LogP contribution in [-0.4, -0.2) is 9.67 Å². The summed E-state index contributed by atoms with van der Waals surface area (Å²) in [6, 6.07) is 13.4. The number of hydrogen-bond donors (Lipinski definition) is 1. The Morgan fingerprint density at radius 3 is 2.52 bits per heavy atom. The largest absolute Gasteiger partial charge is 0.493 e. The Labute approximate surface area is 140 Å². The van der Waals surface area contributed by atoms with Gasteiger partial charge in [-0.3, -0.25) is 0 Å². The molecule has 0 saturated heterocycles. The first-order valence-electron chi connectivity index (χ1n) is 7.49. The molecule has 0 aliphatic rings. The number of nitrogens with zero attached hydrogens (tertiary/aromatic N) is 3. The van der Waals surface area contributed by atoms with Crippen LogP contribution in [-0.2, 0) is 0 Å². The first-order valence-corrected chi connectivity index (χ1v) is 7.86. The van der Waals surface area contributed by atoms with Gasteiger partial charge in [0.2, 0.25) is 5.88 Å². The van der Waals surface area contributed by atoms with Crippen molar-refractivity contribution in [1.82, 2.24) is 4.57 Å². The lowest BCUT2D eigenvalue weighted by Gasteiger charge is -2.10. The molecule has 0 fully saturated rings. The van der Waals surface area contributed by atoms with Crippen LogP contribution < -0.4 is 0 Å². The predicted octanol–water partition coefficient (Wildman–Crippen LogP) is 6.31. The van der Waals surface area contributed by atoms with Crippen LogP contribution in [0.4, 0.5) is 11.4 Å². The van der Waals surface area contributed by atoms with E-state index in [-0.39, 0.29) is 11.9 Å². The number of aromatic nitrogens is 1. The van der Waals surface area contributed by atoms with Crippen molar-refractivity contribution in [3.63, 3.8) is 0 Å². The van der Waals surface area contributed by atoms with E-state index >= 15 is 0 Å². The summed E-state index contributed by atoms with van der Waals surface area (Å²) in [6.07, 6.45) is 0. The smallest absolute Gasteiger partial charge is 0.221 e. The Kier molecular flexibility index (Phi) is 4.09. The normalized spacial score (nSPS) is 11.9. The number of aromatic hydroxyl groups is 1. The molecule has 0 aliphatic carbocycles. The summed E-state index contributed by atoms with van der Waals surface area (Å²) in [4.78, 5) is 0. The van der Waals surface area contributed by atoms with E-state index in [9.17, 15) is 5.11 Å². The topological polar surface area (TPSA) is 49.9 Å². The summed E-state index contributed by atoms with van der Waals surface area (Å²) in [5.41, 5.74) is 3.06. The van der Waals surface area contributed by atoms with Crippen molar-refractivity contribution in [2.24, 2.45) is 10.2 Å². The van der Waals surface area contributed by atoms with Crippen molar-refractivity contribution in [1.29, 1.82) is 0 Å². The third-order valence-corrected chi connectivity index (χ3v) is 4.20. The van der Waals surface area contributed by atoms with Gasteiger partial charge in [-0.25, -0.2) is 0 Å². The first kappa shape index (κ1) is 15.6. The minimum atomic E-state index is 0.123. The number of azo groups is 1. The number of fused-ring (bicyclic) bond motifs is 1. The fraction of sp³-hybridized carbons (Fsp3) is 0.222. The molecule has 23 heavy (non-hydrogen) atoms. The summed E-state index contributed by atoms with van der Waals surface area (Å²) < 4.78 is 1.85. The van der Waals surface area contributed by atoms with Crippen molar-refractivity contribution in [3.8, 4) is 5.88 Å². The molecule has 0 spiro atoms. The van der Waals surface area contributed by atoms with Crippen molar-refractivity contribution < 1.29 is 5.11 Å². The summed E-state index contributed by atoms with van der Waals surface area (Å²) in [5.74, 6) is 0.128. The molecule has 2 aromatic carbocycles. The Balaban J connectivity index is 2.11. The first-order chi connectivity index (χ1) is 11.0. The molecule has 1 heterocycles. The predicted molar refractivity (Wildman–Crippen MR) is 94.4 cm³/mol. The van der Waals surface area contributed by atoms with Crippen LogP contribution in [0.2, 0.25) is 5.02 Å². The number of hydrogen-bond acceptors (Lipinski definition) is 3. The molecule has 3 aromatic rings. The van der Waals surface area contributed by atoms with Gasteiger partial charge >= 0.3 is 0 Å². The van der Waals surface area contributed by atoms with Gasteiger partial charge in [-0.2, -0.15) is 5.11 Å². The van der Waals surface area contributed by atoms with E-state index < -0.39 is 0 Å². The van der Waals surface area contributed by atoms with Crippen LogP contribution in [0.1, 0.15) is 25.5 Å². The lowest BCUT2D eigenvalue weighted by Crippen LogP contribution is -1.98. The molecule has 0 atom stereocenters. The molecule has 0 unspecified atom stereocenters. The number of aryl methyl sites for hydroxylation is 1. The van der Waals surface area contributed by atoms with Gasteiger partial charge < -0.3 is 9.67 Å². The summed E-state index contributed by atoms with van der Waals surface area (Å²) >= 11 is 6.11. The molecule has 3 rings (SSSR count). The fourth-order valence-electron chi connectivity index (χ4n) is 2.61. The molecule has 4 nitrogen and oxygen atoms in total. The van der Waals surface area contributed by atoms with Crippen molar-refractivity contribution >= 4 is 33.9 Å². The monoisotopic (exact) mass is 327 g/mol. The van der Waals surface area contributed by atoms with Crippen molar-refractivity contribution in [3.05, 3.63) is 53.1 Å². The van der Waals surface area contributed by atoms with E-state index in [0.717, 1.165) is 16.5 Å². The van der Waals surface area contributed by atoms with Crippen LogP contribution >= 0.6 is 11.6 Å². The van der Waals surface area contributed by atoms with Crippen LogP contribution in [0, 0.1) is 6.92 Å². The fourth-order valence-corrected chi connectivity index (χ4v) is 2.78. The second-order valence-electron chi connectivity index (χ2n) is 5.79. The van der Waals surface area contributed by atoms with Gasteiger partial charge in [0.1, 0.15) is 0 Å². The van der Waals surface area contributed by atoms with E-state index in [1.54, 1.807) is 6.07 Å². The van der Waals surface area contributed by atoms with Gasteiger partial charge in [0, 0.05) is 16.5 Å². The minimum absolute atomic E-state index is 0.123. The third kappa shape index (κ3) is 2.82. The van der Waals surface area contributed by atoms with E-state index in [2.05, 4.69) is 10.2 Å². The van der Waals surface area contributed by atoms with Gasteiger partial charge in [-0.15, -0.1) is 5.11 Å². The molecule has 0 radical (unpaired) electrons. The number of benzene rings is 2. The van der Waals surface area contributed by atoms with E-state index in [1.807, 2.05) is 61.7 Å². The summed E-state index contributed by atoms with van der Waals surface area (Å²) in [6.45, 7) is 5.98. The standard InChI is InChI=1S/C18H18ClN3O/c1-11(2)22-16-7-5-4-6-14(16)17(18(22)23)21-20-13-9-8-12(3)15(19)10-13/h4-11,23H,1-3H3. The molecule has 1 aromatic heterocycles. The van der Waals surface area contributed by atoms with E-state index in [4.69, 9.17) is 11.6 Å². The number of rotatable bonds is 3. The Morgan fingerprint density at radius 2 is 1.83 bits per heavy atom. The van der Waals surface area contributed by atoms with Gasteiger partial charge in [-0.05, 0) is 44.5 Å². The maximum absolute atomic E-state index is 10.5. The quantitative estimate of drug-likeness (QED) is 0.563. The average Bonchev–Trinajstić information content (AvgIpc) is 2.80. The highest BCUT2D eigenvalue weighted by Gasteiger charge is 2.17. The lowest BCUT2D eigenvalue weighted by molar-refractivity contribution is 0.407. The van der Waals surface area contributed by atoms with E-state index in [0.29, 0.717) is 16.4 Å². The maximum Gasteiger partial charge on any atom is 0.221 e. The molecule has 0 amide bonds.